The molecule has 0 saturated carbocycles. The Bertz CT molecular complexity index is 120. The van der Waals surface area contributed by atoms with E-state index in [2.05, 4.69) is 28.4 Å². The van der Waals surface area contributed by atoms with Gasteiger partial charge in [0.2, 0.25) is 0 Å². The zero-order valence-corrected chi connectivity index (χ0v) is 17.2. The molecule has 0 bridgehead atoms. The van der Waals surface area contributed by atoms with E-state index in [1.807, 2.05) is 0 Å². The molecule has 0 aromatic carbocycles. The van der Waals surface area contributed by atoms with Crippen LogP contribution in [0.25, 0.3) is 0 Å². The second-order valence-electron chi connectivity index (χ2n) is 3.20. The SMILES string of the molecule is COC(C[O-])OC.COC(C[O-])OC.COC(C[O-])OC.[Ce+3]. The quantitative estimate of drug-likeness (QED) is 0.333. The van der Waals surface area contributed by atoms with Crippen molar-refractivity contribution < 1.29 is 85.5 Å². The van der Waals surface area contributed by atoms with Crippen molar-refractivity contribution in [1.29, 1.82) is 0 Å². The summed E-state index contributed by atoms with van der Waals surface area (Å²) in [5.74, 6) is 0. The van der Waals surface area contributed by atoms with Gasteiger partial charge in [-0.25, -0.2) is 0 Å². The Kier molecular flexibility index (Phi) is 37.7. The van der Waals surface area contributed by atoms with Crippen molar-refractivity contribution in [1.82, 2.24) is 0 Å². The molecule has 0 saturated heterocycles. The van der Waals surface area contributed by atoms with Crippen molar-refractivity contribution in [2.75, 3.05) is 62.5 Å². The standard InChI is InChI=1S/3C4H9O3.Ce/c3*1-6-4(3-5)7-2;/h3*4H,3H2,1-2H3;/q3*-1;+3. The summed E-state index contributed by atoms with van der Waals surface area (Å²) in [6, 6.07) is 0. The second kappa shape index (κ2) is 26.9. The molecule has 0 aromatic heterocycles. The van der Waals surface area contributed by atoms with Gasteiger partial charge in [-0.1, -0.05) is 19.8 Å². The molecule has 0 aliphatic heterocycles. The van der Waals surface area contributed by atoms with Gasteiger partial charge in [0.1, 0.15) is 18.9 Å². The molecule has 0 heterocycles. The zero-order chi connectivity index (χ0) is 17.1. The Labute approximate surface area is 166 Å². The average Bonchev–Trinajstić information content (AvgIpc) is 2.54. The molecule has 9 nitrogen and oxygen atoms in total. The molecule has 10 heteroatoms. The maximum absolute atomic E-state index is 9.84. The van der Waals surface area contributed by atoms with Crippen LogP contribution in [0.15, 0.2) is 0 Å². The molecule has 0 aliphatic rings. The van der Waals surface area contributed by atoms with E-state index in [1.54, 1.807) is 0 Å². The van der Waals surface area contributed by atoms with Crippen molar-refractivity contribution in [3.05, 3.63) is 0 Å². The molecule has 0 fully saturated rings. The van der Waals surface area contributed by atoms with E-state index < -0.39 is 18.9 Å². The van der Waals surface area contributed by atoms with Crippen molar-refractivity contribution in [2.24, 2.45) is 0 Å². The molecule has 133 valence electrons. The Morgan fingerprint density at radius 2 is 0.636 bits per heavy atom. The summed E-state index contributed by atoms with van der Waals surface area (Å²) in [4.78, 5) is 0. The molecule has 0 spiro atoms. The zero-order valence-electron chi connectivity index (χ0n) is 14.0. The van der Waals surface area contributed by atoms with Gasteiger partial charge in [-0.05, 0) is 0 Å². The van der Waals surface area contributed by atoms with Gasteiger partial charge in [-0.3, -0.25) is 0 Å². The third-order valence-corrected chi connectivity index (χ3v) is 1.99. The number of methoxy groups -OCH3 is 6. The first kappa shape index (κ1) is 30.9. The fourth-order valence-electron chi connectivity index (χ4n) is 0.697. The van der Waals surface area contributed by atoms with Crippen molar-refractivity contribution in [3.8, 4) is 0 Å². The first-order valence-corrected chi connectivity index (χ1v) is 5.95. The minimum absolute atomic E-state index is 0. The first-order valence-electron chi connectivity index (χ1n) is 5.95. The molecule has 0 atom stereocenters. The third-order valence-electron chi connectivity index (χ3n) is 1.99. The summed E-state index contributed by atoms with van der Waals surface area (Å²) in [5.41, 5.74) is 0. The van der Waals surface area contributed by atoms with Crippen molar-refractivity contribution in [2.45, 2.75) is 18.9 Å². The van der Waals surface area contributed by atoms with E-state index in [9.17, 15) is 15.3 Å². The van der Waals surface area contributed by atoms with Crippen LogP contribution in [0.5, 0.6) is 0 Å². The van der Waals surface area contributed by atoms with Gasteiger partial charge in [0.25, 0.3) is 0 Å². The molecule has 0 aromatic rings. The predicted octanol–water partition coefficient (Wildman–Crippen LogP) is -3.10. The van der Waals surface area contributed by atoms with E-state index in [4.69, 9.17) is 0 Å². The van der Waals surface area contributed by atoms with Crippen LogP contribution in [-0.4, -0.2) is 81.3 Å². The van der Waals surface area contributed by atoms with Gasteiger partial charge in [-0.2, -0.15) is 0 Å². The minimum Gasteiger partial charge on any atom is -0.851 e. The van der Waals surface area contributed by atoms with Gasteiger partial charge in [0.05, 0.1) is 0 Å². The molecule has 0 aliphatic carbocycles. The van der Waals surface area contributed by atoms with Crippen LogP contribution >= 0.6 is 0 Å². The van der Waals surface area contributed by atoms with E-state index in [0.29, 0.717) is 0 Å². The molecule has 22 heavy (non-hydrogen) atoms. The maximum atomic E-state index is 9.84. The summed E-state index contributed by atoms with van der Waals surface area (Å²) in [5, 5.41) is 29.5. The summed E-state index contributed by atoms with van der Waals surface area (Å²) < 4.78 is 27.1. The largest absolute Gasteiger partial charge is 3.00 e. The first-order chi connectivity index (χ1) is 10.0. The average molecular weight is 455 g/mol. The number of ether oxygens (including phenoxy) is 6. The minimum atomic E-state index is -0.569. The summed E-state index contributed by atoms with van der Waals surface area (Å²) in [6.07, 6.45) is -1.71. The molecule has 0 amide bonds. The molecular weight excluding hydrogens is 428 g/mol. The Balaban J connectivity index is -0.000000108. The molecule has 1 radical (unpaired) electrons. The molecule has 0 N–H and O–H groups in total. The van der Waals surface area contributed by atoms with Crippen LogP contribution in [0.4, 0.5) is 0 Å². The Hall–Kier alpha value is 1.02. The van der Waals surface area contributed by atoms with Crippen LogP contribution < -0.4 is 15.3 Å². The van der Waals surface area contributed by atoms with Crippen LogP contribution in [0, 0.1) is 41.7 Å². The maximum Gasteiger partial charge on any atom is 3.00 e. The van der Waals surface area contributed by atoms with Gasteiger partial charge >= 0.3 is 41.7 Å². The van der Waals surface area contributed by atoms with Gasteiger partial charge in [-0.15, -0.1) is 0 Å². The predicted molar refractivity (Wildman–Crippen MR) is 68.0 cm³/mol. The van der Waals surface area contributed by atoms with E-state index in [0.717, 1.165) is 0 Å². The van der Waals surface area contributed by atoms with Crippen molar-refractivity contribution >= 4 is 0 Å². The van der Waals surface area contributed by atoms with E-state index in [-0.39, 0.29) is 61.6 Å². The summed E-state index contributed by atoms with van der Waals surface area (Å²) in [6.45, 7) is -1.02. The summed E-state index contributed by atoms with van der Waals surface area (Å²) in [7, 11) is 8.62. The number of hydrogen-bond donors (Lipinski definition) is 0. The van der Waals surface area contributed by atoms with Crippen LogP contribution in [-0.2, 0) is 28.4 Å². The van der Waals surface area contributed by atoms with Gasteiger partial charge in [0, 0.05) is 42.7 Å². The van der Waals surface area contributed by atoms with Gasteiger partial charge < -0.3 is 43.7 Å². The second-order valence-corrected chi connectivity index (χ2v) is 3.20. The molecule has 0 rings (SSSR count). The molecular formula is C12H27CeO9. The fourth-order valence-corrected chi connectivity index (χ4v) is 0.697. The fraction of sp³-hybridized carbons (Fsp3) is 1.00. The molecule has 0 unspecified atom stereocenters. The Morgan fingerprint density at radius 3 is 0.636 bits per heavy atom. The third kappa shape index (κ3) is 23.3. The van der Waals surface area contributed by atoms with Crippen LogP contribution in [0.3, 0.4) is 0 Å². The smallest absolute Gasteiger partial charge is 0.851 e. The summed E-state index contributed by atoms with van der Waals surface area (Å²) >= 11 is 0. The number of hydrogen-bond acceptors (Lipinski definition) is 9. The van der Waals surface area contributed by atoms with E-state index >= 15 is 0 Å². The monoisotopic (exact) mass is 455 g/mol. The Morgan fingerprint density at radius 1 is 0.500 bits per heavy atom. The topological polar surface area (TPSA) is 125 Å². The van der Waals surface area contributed by atoms with Crippen LogP contribution in [0.2, 0.25) is 0 Å². The number of rotatable bonds is 9. The van der Waals surface area contributed by atoms with Gasteiger partial charge in [0.15, 0.2) is 0 Å². The normalized spacial score (nSPS) is 9.82. The van der Waals surface area contributed by atoms with E-state index in [1.165, 1.54) is 42.7 Å². The van der Waals surface area contributed by atoms with Crippen LogP contribution in [0.1, 0.15) is 0 Å². The van der Waals surface area contributed by atoms with Crippen molar-refractivity contribution in [3.63, 3.8) is 0 Å².